The van der Waals surface area contributed by atoms with Crippen molar-refractivity contribution in [3.8, 4) is 5.75 Å². The summed E-state index contributed by atoms with van der Waals surface area (Å²) in [5, 5.41) is 11.3. The summed E-state index contributed by atoms with van der Waals surface area (Å²) in [6.45, 7) is 2.10. The van der Waals surface area contributed by atoms with E-state index in [4.69, 9.17) is 20.4 Å². The standard InChI is InChI=1S/C11H16N2O3/c1-8(11(12)13-14)16-7-9-4-3-5-10(6-9)15-2/h3-6,8,14H,7H2,1-2H3,(H2,12,13). The Hall–Kier alpha value is -1.75. The van der Waals surface area contributed by atoms with Crippen molar-refractivity contribution in [3.05, 3.63) is 29.8 Å². The number of nitrogens with two attached hydrogens (primary N) is 1. The number of methoxy groups -OCH3 is 1. The molecule has 1 unspecified atom stereocenters. The van der Waals surface area contributed by atoms with Gasteiger partial charge in [0.25, 0.3) is 0 Å². The molecule has 0 aliphatic heterocycles. The van der Waals surface area contributed by atoms with Gasteiger partial charge in [0.15, 0.2) is 5.84 Å². The third-order valence-corrected chi connectivity index (χ3v) is 2.17. The van der Waals surface area contributed by atoms with E-state index in [2.05, 4.69) is 5.16 Å². The summed E-state index contributed by atoms with van der Waals surface area (Å²) in [6, 6.07) is 7.53. The second kappa shape index (κ2) is 5.97. The first kappa shape index (κ1) is 12.3. The van der Waals surface area contributed by atoms with Gasteiger partial charge in [-0.1, -0.05) is 17.3 Å². The van der Waals surface area contributed by atoms with Gasteiger partial charge in [-0.05, 0) is 24.6 Å². The van der Waals surface area contributed by atoms with Crippen LogP contribution in [0.15, 0.2) is 29.4 Å². The van der Waals surface area contributed by atoms with Crippen molar-refractivity contribution in [3.63, 3.8) is 0 Å². The summed E-state index contributed by atoms with van der Waals surface area (Å²) in [6.07, 6.45) is -0.420. The second-order valence-corrected chi connectivity index (χ2v) is 3.33. The highest BCUT2D eigenvalue weighted by Crippen LogP contribution is 2.13. The minimum absolute atomic E-state index is 0.0582. The Balaban J connectivity index is 2.54. The van der Waals surface area contributed by atoms with E-state index in [1.807, 2.05) is 24.3 Å². The van der Waals surface area contributed by atoms with E-state index in [9.17, 15) is 0 Å². The largest absolute Gasteiger partial charge is 0.497 e. The van der Waals surface area contributed by atoms with Crippen LogP contribution in [0.3, 0.4) is 0 Å². The average molecular weight is 224 g/mol. The maximum Gasteiger partial charge on any atom is 0.168 e. The molecule has 88 valence electrons. The van der Waals surface area contributed by atoms with Gasteiger partial charge in [-0.15, -0.1) is 0 Å². The van der Waals surface area contributed by atoms with Crippen LogP contribution in [-0.4, -0.2) is 24.3 Å². The van der Waals surface area contributed by atoms with Crippen LogP contribution in [0.4, 0.5) is 0 Å². The molecule has 5 nitrogen and oxygen atoms in total. The molecule has 1 aromatic rings. The third kappa shape index (κ3) is 3.43. The number of hydrogen-bond acceptors (Lipinski definition) is 4. The van der Waals surface area contributed by atoms with Gasteiger partial charge in [0, 0.05) is 0 Å². The summed E-state index contributed by atoms with van der Waals surface area (Å²) in [5.74, 6) is 0.834. The van der Waals surface area contributed by atoms with Crippen LogP contribution in [0.5, 0.6) is 5.75 Å². The highest BCUT2D eigenvalue weighted by molar-refractivity contribution is 5.83. The van der Waals surface area contributed by atoms with E-state index >= 15 is 0 Å². The van der Waals surface area contributed by atoms with Gasteiger partial charge in [-0.3, -0.25) is 0 Å². The van der Waals surface area contributed by atoms with Crippen molar-refractivity contribution in [1.29, 1.82) is 0 Å². The highest BCUT2D eigenvalue weighted by atomic mass is 16.5. The molecule has 0 bridgehead atoms. The molecular weight excluding hydrogens is 208 g/mol. The molecule has 1 rings (SSSR count). The molecular formula is C11H16N2O3. The number of oxime groups is 1. The average Bonchev–Trinajstić information content (AvgIpc) is 2.35. The van der Waals surface area contributed by atoms with E-state index in [1.54, 1.807) is 14.0 Å². The van der Waals surface area contributed by atoms with Gasteiger partial charge < -0.3 is 20.4 Å². The van der Waals surface area contributed by atoms with Gasteiger partial charge in [-0.25, -0.2) is 0 Å². The number of rotatable bonds is 5. The predicted octanol–water partition coefficient (Wildman–Crippen LogP) is 1.35. The molecule has 0 heterocycles. The fraction of sp³-hybridized carbons (Fsp3) is 0.364. The first-order valence-electron chi connectivity index (χ1n) is 4.89. The lowest BCUT2D eigenvalue weighted by molar-refractivity contribution is 0.0926. The Bertz CT molecular complexity index is 366. The maximum absolute atomic E-state index is 8.45. The molecule has 0 spiro atoms. The summed E-state index contributed by atoms with van der Waals surface area (Å²) >= 11 is 0. The molecule has 1 atom stereocenters. The second-order valence-electron chi connectivity index (χ2n) is 3.33. The Morgan fingerprint density at radius 2 is 2.31 bits per heavy atom. The number of benzene rings is 1. The van der Waals surface area contributed by atoms with Crippen LogP contribution < -0.4 is 10.5 Å². The summed E-state index contributed by atoms with van der Waals surface area (Å²) in [4.78, 5) is 0. The fourth-order valence-corrected chi connectivity index (χ4v) is 1.15. The molecule has 0 amide bonds. The molecule has 0 aliphatic rings. The quantitative estimate of drug-likeness (QED) is 0.342. The van der Waals surface area contributed by atoms with Crippen molar-refractivity contribution < 1.29 is 14.7 Å². The van der Waals surface area contributed by atoms with Gasteiger partial charge in [0.1, 0.15) is 11.9 Å². The van der Waals surface area contributed by atoms with Crippen molar-refractivity contribution in [1.82, 2.24) is 0 Å². The monoisotopic (exact) mass is 224 g/mol. The summed E-state index contributed by atoms with van der Waals surface area (Å²) in [5.41, 5.74) is 6.36. The molecule has 0 radical (unpaired) electrons. The van der Waals surface area contributed by atoms with Gasteiger partial charge in [0.2, 0.25) is 0 Å². The van der Waals surface area contributed by atoms with Gasteiger partial charge in [-0.2, -0.15) is 0 Å². The molecule has 0 aliphatic carbocycles. The molecule has 0 aromatic heterocycles. The van der Waals surface area contributed by atoms with E-state index < -0.39 is 6.10 Å². The Kier molecular flexibility index (Phi) is 4.60. The Labute approximate surface area is 94.5 Å². The van der Waals surface area contributed by atoms with Crippen LogP contribution >= 0.6 is 0 Å². The van der Waals surface area contributed by atoms with Crippen molar-refractivity contribution in [2.24, 2.45) is 10.9 Å². The van der Waals surface area contributed by atoms with Crippen LogP contribution in [-0.2, 0) is 11.3 Å². The smallest absolute Gasteiger partial charge is 0.168 e. The molecule has 5 heteroatoms. The number of amidine groups is 1. The SMILES string of the molecule is COc1cccc(COC(C)C(N)=NO)c1. The molecule has 16 heavy (non-hydrogen) atoms. The minimum atomic E-state index is -0.420. The predicted molar refractivity (Wildman–Crippen MR) is 60.7 cm³/mol. The van der Waals surface area contributed by atoms with E-state index in [0.717, 1.165) is 11.3 Å². The van der Waals surface area contributed by atoms with E-state index in [-0.39, 0.29) is 5.84 Å². The number of ether oxygens (including phenoxy) is 2. The fourth-order valence-electron chi connectivity index (χ4n) is 1.15. The van der Waals surface area contributed by atoms with Gasteiger partial charge in [0.05, 0.1) is 13.7 Å². The van der Waals surface area contributed by atoms with Crippen LogP contribution in [0.25, 0.3) is 0 Å². The zero-order chi connectivity index (χ0) is 12.0. The summed E-state index contributed by atoms with van der Waals surface area (Å²) < 4.78 is 10.5. The first-order chi connectivity index (χ1) is 7.67. The molecule has 0 saturated heterocycles. The molecule has 3 N–H and O–H groups in total. The lowest BCUT2D eigenvalue weighted by Crippen LogP contribution is -2.28. The maximum atomic E-state index is 8.45. The van der Waals surface area contributed by atoms with Crippen LogP contribution in [0.2, 0.25) is 0 Å². The highest BCUT2D eigenvalue weighted by Gasteiger charge is 2.07. The van der Waals surface area contributed by atoms with Crippen molar-refractivity contribution in [2.45, 2.75) is 19.6 Å². The van der Waals surface area contributed by atoms with Crippen LogP contribution in [0.1, 0.15) is 12.5 Å². The number of hydrogen-bond donors (Lipinski definition) is 2. The minimum Gasteiger partial charge on any atom is -0.497 e. The molecule has 0 fully saturated rings. The zero-order valence-corrected chi connectivity index (χ0v) is 9.38. The Morgan fingerprint density at radius 3 is 2.94 bits per heavy atom. The molecule has 0 saturated carbocycles. The normalized spacial score (nSPS) is 13.5. The summed E-state index contributed by atoms with van der Waals surface area (Å²) in [7, 11) is 1.61. The topological polar surface area (TPSA) is 77.1 Å². The number of nitrogens with zero attached hydrogens (tertiary/aromatic N) is 1. The van der Waals surface area contributed by atoms with E-state index in [0.29, 0.717) is 6.61 Å². The lowest BCUT2D eigenvalue weighted by Gasteiger charge is -2.11. The Morgan fingerprint density at radius 1 is 1.56 bits per heavy atom. The first-order valence-corrected chi connectivity index (χ1v) is 4.89. The molecule has 1 aromatic carbocycles. The lowest BCUT2D eigenvalue weighted by atomic mass is 10.2. The van der Waals surface area contributed by atoms with E-state index in [1.165, 1.54) is 0 Å². The van der Waals surface area contributed by atoms with Crippen LogP contribution in [0, 0.1) is 0 Å². The van der Waals surface area contributed by atoms with Crippen molar-refractivity contribution in [2.75, 3.05) is 7.11 Å². The van der Waals surface area contributed by atoms with Gasteiger partial charge >= 0.3 is 0 Å². The third-order valence-electron chi connectivity index (χ3n) is 2.17. The zero-order valence-electron chi connectivity index (χ0n) is 9.38. The van der Waals surface area contributed by atoms with Crippen molar-refractivity contribution >= 4 is 5.84 Å².